The van der Waals surface area contributed by atoms with Gasteiger partial charge in [0.05, 0.1) is 22.0 Å². The lowest BCUT2D eigenvalue weighted by Crippen LogP contribution is -2.34. The zero-order valence-electron chi connectivity index (χ0n) is 17.2. The Bertz CT molecular complexity index is 1020. The highest BCUT2D eigenvalue weighted by Gasteiger charge is 2.39. The maximum atomic E-state index is 13.0. The van der Waals surface area contributed by atoms with Crippen molar-refractivity contribution in [1.29, 1.82) is 0 Å². The molecular formula is C22H21ClF3N3O2S. The molecule has 0 unspecified atom stereocenters. The largest absolute Gasteiger partial charge is 0.416 e. The Balaban J connectivity index is 1.75. The molecule has 2 amide bonds. The lowest BCUT2D eigenvalue weighted by molar-refractivity contribution is -0.137. The molecule has 0 bridgehead atoms. The van der Waals surface area contributed by atoms with Crippen molar-refractivity contribution in [2.45, 2.75) is 37.6 Å². The minimum Gasteiger partial charge on any atom is -0.325 e. The fraction of sp³-hybridized carbons (Fsp3) is 0.318. The van der Waals surface area contributed by atoms with Gasteiger partial charge in [-0.1, -0.05) is 54.9 Å². The summed E-state index contributed by atoms with van der Waals surface area (Å²) in [6.45, 7) is 2.48. The monoisotopic (exact) mass is 483 g/mol. The molecule has 0 aliphatic carbocycles. The summed E-state index contributed by atoms with van der Waals surface area (Å²) in [5, 5.41) is 2.16. The van der Waals surface area contributed by atoms with Gasteiger partial charge >= 0.3 is 6.18 Å². The van der Waals surface area contributed by atoms with Gasteiger partial charge in [-0.2, -0.15) is 13.2 Å². The number of halogens is 4. The molecule has 5 nitrogen and oxygen atoms in total. The molecule has 1 N–H and O–H groups in total. The van der Waals surface area contributed by atoms with Crippen molar-refractivity contribution < 1.29 is 22.8 Å². The number of alkyl halides is 3. The van der Waals surface area contributed by atoms with Gasteiger partial charge < -0.3 is 5.32 Å². The Morgan fingerprint density at radius 1 is 1.22 bits per heavy atom. The first kappa shape index (κ1) is 24.1. The first-order chi connectivity index (χ1) is 15.2. The van der Waals surface area contributed by atoms with E-state index < -0.39 is 22.9 Å². The molecule has 2 aromatic rings. The second kappa shape index (κ2) is 10.4. The maximum absolute atomic E-state index is 13.0. The average Bonchev–Trinajstić information content (AvgIpc) is 3.02. The van der Waals surface area contributed by atoms with E-state index in [4.69, 9.17) is 11.6 Å². The van der Waals surface area contributed by atoms with Crippen molar-refractivity contribution in [1.82, 2.24) is 4.90 Å². The fourth-order valence-electron chi connectivity index (χ4n) is 3.03. The molecule has 170 valence electrons. The molecule has 1 heterocycles. The van der Waals surface area contributed by atoms with Crippen LogP contribution in [0, 0.1) is 0 Å². The van der Waals surface area contributed by atoms with E-state index >= 15 is 0 Å². The van der Waals surface area contributed by atoms with Crippen LogP contribution in [0.4, 0.5) is 24.5 Å². The number of benzene rings is 2. The maximum Gasteiger partial charge on any atom is 0.416 e. The number of unbranched alkanes of at least 4 members (excludes halogenated alkanes) is 1. The van der Waals surface area contributed by atoms with Crippen LogP contribution in [0.3, 0.4) is 0 Å². The summed E-state index contributed by atoms with van der Waals surface area (Å²) in [7, 11) is 0. The third kappa shape index (κ3) is 6.04. The molecule has 0 spiro atoms. The highest BCUT2D eigenvalue weighted by atomic mass is 35.5. The molecule has 2 aromatic carbocycles. The molecule has 3 rings (SSSR count). The second-order valence-electron chi connectivity index (χ2n) is 7.12. The zero-order valence-corrected chi connectivity index (χ0v) is 18.7. The number of amides is 2. The molecule has 1 fully saturated rings. The number of anilines is 1. The van der Waals surface area contributed by atoms with Crippen LogP contribution in [0.25, 0.3) is 0 Å². The number of carbonyl (C=O) groups excluding carboxylic acids is 2. The van der Waals surface area contributed by atoms with Crippen LogP contribution >= 0.6 is 23.4 Å². The highest BCUT2D eigenvalue weighted by molar-refractivity contribution is 8.15. The van der Waals surface area contributed by atoms with Crippen LogP contribution in [-0.4, -0.2) is 33.7 Å². The van der Waals surface area contributed by atoms with Gasteiger partial charge in [0.2, 0.25) is 11.8 Å². The highest BCUT2D eigenvalue weighted by Crippen LogP contribution is 2.35. The summed E-state index contributed by atoms with van der Waals surface area (Å²) in [5.74, 6) is -0.850. The Labute approximate surface area is 193 Å². The van der Waals surface area contributed by atoms with Crippen molar-refractivity contribution in [2.75, 3.05) is 11.9 Å². The molecule has 1 aliphatic heterocycles. The lowest BCUT2D eigenvalue weighted by atomic mass is 10.2. The normalized spacial score (nSPS) is 17.8. The smallest absolute Gasteiger partial charge is 0.325 e. The first-order valence-corrected chi connectivity index (χ1v) is 11.2. The van der Waals surface area contributed by atoms with Gasteiger partial charge in [0.25, 0.3) is 0 Å². The fourth-order valence-corrected chi connectivity index (χ4v) is 4.38. The average molecular weight is 484 g/mol. The summed E-state index contributed by atoms with van der Waals surface area (Å²) in [6.07, 6.45) is -3.12. The molecular weight excluding hydrogens is 463 g/mol. The van der Waals surface area contributed by atoms with Gasteiger partial charge in [0, 0.05) is 13.0 Å². The van der Waals surface area contributed by atoms with E-state index in [1.807, 2.05) is 37.3 Å². The van der Waals surface area contributed by atoms with E-state index in [9.17, 15) is 22.8 Å². The van der Waals surface area contributed by atoms with E-state index in [2.05, 4.69) is 10.3 Å². The molecule has 1 atom stereocenters. The number of nitrogens with one attached hydrogen (secondary N) is 1. The number of hydrogen-bond acceptors (Lipinski definition) is 4. The van der Waals surface area contributed by atoms with Crippen LogP contribution in [0.2, 0.25) is 5.02 Å². The molecule has 0 aromatic heterocycles. The standard InChI is InChI=1S/C22H21ClF3N3O2S/c1-2-3-11-29-20(31)18(32-21(29)27-15-7-5-4-6-8-15)13-19(30)28-17-12-14(22(24,25)26)9-10-16(17)23/h4-10,12,18H,2-3,11,13H2,1H3,(H,28,30)/t18-/m0/s1. The lowest BCUT2D eigenvalue weighted by Gasteiger charge is -2.16. The Hall–Kier alpha value is -2.52. The van der Waals surface area contributed by atoms with Crippen molar-refractivity contribution in [2.24, 2.45) is 4.99 Å². The van der Waals surface area contributed by atoms with Crippen LogP contribution in [-0.2, 0) is 15.8 Å². The number of rotatable bonds is 7. The third-order valence-corrected chi connectivity index (χ3v) is 6.18. The number of carbonyl (C=O) groups is 2. The molecule has 1 saturated heterocycles. The van der Waals surface area contributed by atoms with Crippen LogP contribution in [0.15, 0.2) is 53.5 Å². The van der Waals surface area contributed by atoms with Gasteiger partial charge in [-0.15, -0.1) is 0 Å². The van der Waals surface area contributed by atoms with Crippen LogP contribution in [0.1, 0.15) is 31.7 Å². The Morgan fingerprint density at radius 2 is 1.94 bits per heavy atom. The minimum atomic E-state index is -4.57. The van der Waals surface area contributed by atoms with Crippen molar-refractivity contribution >= 4 is 51.7 Å². The van der Waals surface area contributed by atoms with Gasteiger partial charge in [-0.3, -0.25) is 14.5 Å². The van der Waals surface area contributed by atoms with Gasteiger partial charge in [0.1, 0.15) is 5.25 Å². The van der Waals surface area contributed by atoms with E-state index in [1.54, 1.807) is 4.90 Å². The summed E-state index contributed by atoms with van der Waals surface area (Å²) in [5.41, 5.74) is -0.389. The van der Waals surface area contributed by atoms with Gasteiger partial charge in [-0.25, -0.2) is 4.99 Å². The number of para-hydroxylation sites is 1. The molecule has 1 aliphatic rings. The third-order valence-electron chi connectivity index (χ3n) is 4.67. The number of thioether (sulfide) groups is 1. The molecule has 0 saturated carbocycles. The van der Waals surface area contributed by atoms with Crippen LogP contribution < -0.4 is 5.32 Å². The van der Waals surface area contributed by atoms with Gasteiger partial charge in [-0.05, 0) is 36.8 Å². The summed E-state index contributed by atoms with van der Waals surface area (Å²) in [4.78, 5) is 31.6. The van der Waals surface area contributed by atoms with Crippen molar-refractivity contribution in [3.8, 4) is 0 Å². The van der Waals surface area contributed by atoms with Crippen molar-refractivity contribution in [3.05, 3.63) is 59.1 Å². The van der Waals surface area contributed by atoms with Crippen LogP contribution in [0.5, 0.6) is 0 Å². The van der Waals surface area contributed by atoms with Crippen molar-refractivity contribution in [3.63, 3.8) is 0 Å². The molecule has 32 heavy (non-hydrogen) atoms. The van der Waals surface area contributed by atoms with E-state index in [0.29, 0.717) is 17.4 Å². The number of aliphatic imine (C=N–C) groups is 1. The SMILES string of the molecule is CCCCN1C(=O)[C@H](CC(=O)Nc2cc(C(F)(F)F)ccc2Cl)SC1=Nc1ccccc1. The summed E-state index contributed by atoms with van der Waals surface area (Å²) < 4.78 is 38.9. The Morgan fingerprint density at radius 3 is 2.59 bits per heavy atom. The topological polar surface area (TPSA) is 61.8 Å². The molecule has 10 heteroatoms. The quantitative estimate of drug-likeness (QED) is 0.516. The minimum absolute atomic E-state index is 0.0207. The zero-order chi connectivity index (χ0) is 23.3. The Kier molecular flexibility index (Phi) is 7.84. The van der Waals surface area contributed by atoms with E-state index in [0.717, 1.165) is 31.0 Å². The summed E-state index contributed by atoms with van der Waals surface area (Å²) >= 11 is 7.12. The predicted octanol–water partition coefficient (Wildman–Crippen LogP) is 6.12. The number of nitrogens with zero attached hydrogens (tertiary/aromatic N) is 2. The molecule has 0 radical (unpaired) electrons. The second-order valence-corrected chi connectivity index (χ2v) is 8.70. The first-order valence-electron chi connectivity index (χ1n) is 9.97. The number of hydrogen-bond donors (Lipinski definition) is 1. The van der Waals surface area contributed by atoms with E-state index in [-0.39, 0.29) is 23.0 Å². The number of amidine groups is 1. The van der Waals surface area contributed by atoms with E-state index in [1.165, 1.54) is 11.8 Å². The predicted molar refractivity (Wildman–Crippen MR) is 121 cm³/mol. The van der Waals surface area contributed by atoms with Gasteiger partial charge in [0.15, 0.2) is 5.17 Å². The summed E-state index contributed by atoms with van der Waals surface area (Å²) in [6, 6.07) is 11.8.